The Hall–Kier alpha value is -2.63. The predicted octanol–water partition coefficient (Wildman–Crippen LogP) is 7.60. The van der Waals surface area contributed by atoms with Gasteiger partial charge < -0.3 is 40.3 Å². The van der Waals surface area contributed by atoms with Crippen LogP contribution >= 0.6 is 0 Å². The summed E-state index contributed by atoms with van der Waals surface area (Å²) in [6, 6.07) is -0.730. The van der Waals surface area contributed by atoms with Gasteiger partial charge in [-0.3, -0.25) is 4.79 Å². The van der Waals surface area contributed by atoms with Crippen LogP contribution in [-0.2, 0) is 14.3 Å². The third kappa shape index (κ3) is 25.1. The average molecular weight is 744 g/mol. The number of hydrogen-bond acceptors (Lipinski definition) is 8. The molecule has 53 heavy (non-hydrogen) atoms. The molecule has 0 aromatic carbocycles. The van der Waals surface area contributed by atoms with Crippen LogP contribution in [0.1, 0.15) is 129 Å². The van der Waals surface area contributed by atoms with Gasteiger partial charge in [0.1, 0.15) is 24.4 Å². The topological polar surface area (TPSA) is 149 Å². The zero-order valence-electron chi connectivity index (χ0n) is 32.7. The largest absolute Gasteiger partial charge is 0.394 e. The third-order valence-electron chi connectivity index (χ3n) is 9.01. The highest BCUT2D eigenvalue weighted by molar-refractivity contribution is 5.76. The van der Waals surface area contributed by atoms with Crippen LogP contribution in [0.3, 0.4) is 0 Å². The first kappa shape index (κ1) is 48.4. The Morgan fingerprint density at radius 2 is 1.17 bits per heavy atom. The van der Waals surface area contributed by atoms with Gasteiger partial charge in [0, 0.05) is 6.42 Å². The first-order valence-electron chi connectivity index (χ1n) is 20.3. The van der Waals surface area contributed by atoms with Gasteiger partial charge in [-0.2, -0.15) is 0 Å². The summed E-state index contributed by atoms with van der Waals surface area (Å²) in [4.78, 5) is 12.7. The van der Waals surface area contributed by atoms with E-state index in [0.717, 1.165) is 103 Å². The number of hydrogen-bond donors (Lipinski definition) is 6. The van der Waals surface area contributed by atoms with Crippen LogP contribution in [0.2, 0.25) is 0 Å². The molecule has 1 saturated heterocycles. The zero-order chi connectivity index (χ0) is 38.8. The molecule has 1 rings (SSSR count). The maximum absolute atomic E-state index is 12.7. The summed E-state index contributed by atoms with van der Waals surface area (Å²) < 4.78 is 11.1. The number of aliphatic hydroxyl groups excluding tert-OH is 5. The molecule has 0 spiro atoms. The fourth-order valence-corrected chi connectivity index (χ4v) is 5.72. The second-order valence-corrected chi connectivity index (χ2v) is 13.7. The highest BCUT2D eigenvalue weighted by Gasteiger charge is 2.44. The number of unbranched alkanes of at least 4 members (excludes halogenated alkanes) is 7. The van der Waals surface area contributed by atoms with Crippen LogP contribution in [0.5, 0.6) is 0 Å². The van der Waals surface area contributed by atoms with Gasteiger partial charge in [0.05, 0.1) is 25.4 Å². The Labute approximate surface area is 321 Å². The first-order chi connectivity index (χ1) is 25.8. The van der Waals surface area contributed by atoms with E-state index in [0.29, 0.717) is 12.8 Å². The lowest BCUT2D eigenvalue weighted by Gasteiger charge is -2.40. The van der Waals surface area contributed by atoms with Crippen molar-refractivity contribution in [3.63, 3.8) is 0 Å². The maximum atomic E-state index is 12.7. The van der Waals surface area contributed by atoms with E-state index in [4.69, 9.17) is 9.47 Å². The van der Waals surface area contributed by atoms with Crippen molar-refractivity contribution in [2.45, 2.75) is 172 Å². The van der Waals surface area contributed by atoms with E-state index in [1.807, 2.05) is 0 Å². The van der Waals surface area contributed by atoms with Crippen molar-refractivity contribution in [2.75, 3.05) is 13.2 Å². The highest BCUT2D eigenvalue weighted by Crippen LogP contribution is 2.22. The maximum Gasteiger partial charge on any atom is 0.220 e. The fourth-order valence-electron chi connectivity index (χ4n) is 5.72. The fraction of sp³-hybridized carbons (Fsp3) is 0.659. The van der Waals surface area contributed by atoms with E-state index >= 15 is 0 Å². The summed E-state index contributed by atoms with van der Waals surface area (Å²) in [6.45, 7) is 3.50. The molecule has 1 aliphatic heterocycles. The molecule has 7 atom stereocenters. The Balaban J connectivity index is 2.17. The van der Waals surface area contributed by atoms with Gasteiger partial charge in [-0.15, -0.1) is 0 Å². The number of carbonyl (C=O) groups excluding carboxylic acids is 1. The molecule has 1 fully saturated rings. The Morgan fingerprint density at radius 3 is 1.70 bits per heavy atom. The number of nitrogens with one attached hydrogen (secondary N) is 1. The SMILES string of the molecule is CC/C=C\C/C=C\C/C=C\C/C=C\C/C=C\C/C=C\C/C=C\CCCCCCCC(=O)NC(COC1OC(CO)C(O)C(O)C1O)C(O)CCCCC. The normalized spacial score (nSPS) is 22.6. The second-order valence-electron chi connectivity index (χ2n) is 13.7. The van der Waals surface area contributed by atoms with E-state index in [2.05, 4.69) is 104 Å². The molecule has 302 valence electrons. The van der Waals surface area contributed by atoms with E-state index < -0.39 is 49.5 Å². The molecule has 0 aromatic heterocycles. The Bertz CT molecular complexity index is 1090. The molecule has 0 bridgehead atoms. The van der Waals surface area contributed by atoms with Gasteiger partial charge in [0.2, 0.25) is 5.91 Å². The number of ether oxygens (including phenoxy) is 2. The Morgan fingerprint density at radius 1 is 0.660 bits per heavy atom. The van der Waals surface area contributed by atoms with E-state index in [1.54, 1.807) is 0 Å². The summed E-state index contributed by atoms with van der Waals surface area (Å²) in [7, 11) is 0. The smallest absolute Gasteiger partial charge is 0.220 e. The molecule has 6 N–H and O–H groups in total. The average Bonchev–Trinajstić information content (AvgIpc) is 3.15. The van der Waals surface area contributed by atoms with Crippen molar-refractivity contribution in [1.29, 1.82) is 0 Å². The highest BCUT2D eigenvalue weighted by atomic mass is 16.7. The molecular formula is C44H73NO8. The van der Waals surface area contributed by atoms with Crippen molar-refractivity contribution < 1.29 is 39.8 Å². The summed E-state index contributed by atoms with van der Waals surface area (Å²) in [5, 5.41) is 53.4. The van der Waals surface area contributed by atoms with Crippen LogP contribution in [0.15, 0.2) is 85.1 Å². The van der Waals surface area contributed by atoms with Crippen LogP contribution in [-0.4, -0.2) is 87.5 Å². The molecule has 1 amide bonds. The van der Waals surface area contributed by atoms with Crippen molar-refractivity contribution >= 4 is 5.91 Å². The molecule has 7 unspecified atom stereocenters. The monoisotopic (exact) mass is 744 g/mol. The summed E-state index contributed by atoms with van der Waals surface area (Å²) >= 11 is 0. The van der Waals surface area contributed by atoms with Crippen molar-refractivity contribution in [2.24, 2.45) is 0 Å². The van der Waals surface area contributed by atoms with E-state index in [9.17, 15) is 30.3 Å². The van der Waals surface area contributed by atoms with Gasteiger partial charge in [0.15, 0.2) is 6.29 Å². The van der Waals surface area contributed by atoms with E-state index in [1.165, 1.54) is 0 Å². The summed E-state index contributed by atoms with van der Waals surface area (Å²) in [6.07, 6.45) is 39.7. The Kier molecular flexibility index (Phi) is 31.0. The molecule has 0 aliphatic carbocycles. The van der Waals surface area contributed by atoms with Gasteiger partial charge in [-0.05, 0) is 70.6 Å². The molecular weight excluding hydrogens is 670 g/mol. The number of amides is 1. The minimum Gasteiger partial charge on any atom is -0.394 e. The predicted molar refractivity (Wildman–Crippen MR) is 216 cm³/mol. The summed E-state index contributed by atoms with van der Waals surface area (Å²) in [5.74, 6) is -0.181. The molecule has 9 heteroatoms. The minimum atomic E-state index is -1.56. The lowest BCUT2D eigenvalue weighted by Crippen LogP contribution is -2.60. The lowest BCUT2D eigenvalue weighted by molar-refractivity contribution is -0.302. The van der Waals surface area contributed by atoms with Gasteiger partial charge in [-0.1, -0.05) is 137 Å². The van der Waals surface area contributed by atoms with Crippen molar-refractivity contribution in [1.82, 2.24) is 5.32 Å². The summed E-state index contributed by atoms with van der Waals surface area (Å²) in [5.41, 5.74) is 0. The van der Waals surface area contributed by atoms with Crippen LogP contribution in [0, 0.1) is 0 Å². The van der Waals surface area contributed by atoms with Gasteiger partial charge in [-0.25, -0.2) is 0 Å². The number of rotatable bonds is 31. The van der Waals surface area contributed by atoms with Crippen molar-refractivity contribution in [3.8, 4) is 0 Å². The molecule has 0 radical (unpaired) electrons. The van der Waals surface area contributed by atoms with Gasteiger partial charge >= 0.3 is 0 Å². The first-order valence-corrected chi connectivity index (χ1v) is 20.3. The quantitative estimate of drug-likeness (QED) is 0.0314. The molecule has 9 nitrogen and oxygen atoms in total. The van der Waals surface area contributed by atoms with Crippen LogP contribution in [0.4, 0.5) is 0 Å². The zero-order valence-corrected chi connectivity index (χ0v) is 32.7. The van der Waals surface area contributed by atoms with Crippen LogP contribution < -0.4 is 5.32 Å². The second kappa shape index (κ2) is 33.9. The third-order valence-corrected chi connectivity index (χ3v) is 9.01. The van der Waals surface area contributed by atoms with Crippen molar-refractivity contribution in [3.05, 3.63) is 85.1 Å². The minimum absolute atomic E-state index is 0.157. The lowest BCUT2D eigenvalue weighted by atomic mass is 9.99. The molecule has 0 saturated carbocycles. The number of aliphatic hydroxyl groups is 5. The molecule has 0 aromatic rings. The van der Waals surface area contributed by atoms with E-state index in [-0.39, 0.29) is 12.5 Å². The van der Waals surface area contributed by atoms with Crippen LogP contribution in [0.25, 0.3) is 0 Å². The standard InChI is InChI=1S/C44H73NO8/c1-3-5-7-8-9-10-11-12-13-14-15-16-17-18-19-20-21-22-23-24-25-26-27-28-29-30-32-34-40(48)45-37(38(47)33-31-6-4-2)36-52-44-43(51)42(50)41(49)39(35-46)53-44/h5,7,9-10,12-13,15-16,18-19,21-22,24-25,37-39,41-44,46-47,49-51H,3-4,6,8,11,14,17,20,23,26-36H2,1-2H3,(H,45,48)/b7-5-,10-9-,13-12-,16-15-,19-18-,22-21-,25-24-. The number of allylic oxidation sites excluding steroid dienone is 14. The number of carbonyl (C=O) groups is 1. The molecule has 1 aliphatic rings. The molecule has 1 heterocycles. The van der Waals surface area contributed by atoms with Gasteiger partial charge in [0.25, 0.3) is 0 Å².